The fraction of sp³-hybridized carbons (Fsp3) is 0.128. The quantitative estimate of drug-likeness (QED) is 0.120. The Morgan fingerprint density at radius 3 is 1.98 bits per heavy atom. The smallest absolute Gasteiger partial charge is 0.340 e. The van der Waals surface area contributed by atoms with Crippen LogP contribution in [0, 0.1) is 0 Å². The fourth-order valence-electron chi connectivity index (χ4n) is 5.40. The molecule has 6 rings (SSSR count). The van der Waals surface area contributed by atoms with E-state index in [1.54, 1.807) is 36.1 Å². The highest BCUT2D eigenvalue weighted by Crippen LogP contribution is 2.35. The van der Waals surface area contributed by atoms with Crippen molar-refractivity contribution in [2.45, 2.75) is 19.7 Å². The number of para-hydroxylation sites is 3. The van der Waals surface area contributed by atoms with Crippen molar-refractivity contribution in [3.05, 3.63) is 162 Å². The van der Waals surface area contributed by atoms with Crippen molar-refractivity contribution in [3.8, 4) is 0 Å². The molecule has 7 nitrogen and oxygen atoms in total. The first-order valence-electron chi connectivity index (χ1n) is 15.4. The van der Waals surface area contributed by atoms with Gasteiger partial charge in [0.1, 0.15) is 0 Å². The maximum absolute atomic E-state index is 13.8. The number of carbonyl (C=O) groups excluding carboxylic acids is 2. The van der Waals surface area contributed by atoms with Crippen LogP contribution < -0.4 is 10.2 Å². The van der Waals surface area contributed by atoms with E-state index in [0.29, 0.717) is 24.2 Å². The number of rotatable bonds is 11. The molecule has 0 spiro atoms. The predicted molar refractivity (Wildman–Crippen MR) is 182 cm³/mol. The number of benzene rings is 5. The van der Waals surface area contributed by atoms with Crippen LogP contribution in [0.4, 0.5) is 22.7 Å². The summed E-state index contributed by atoms with van der Waals surface area (Å²) in [4.78, 5) is 30.3. The Labute approximate surface area is 269 Å². The summed E-state index contributed by atoms with van der Waals surface area (Å²) in [5.74, 6) is -0.460. The predicted octanol–water partition coefficient (Wildman–Crippen LogP) is 8.17. The molecule has 0 radical (unpaired) electrons. The Morgan fingerprint density at radius 2 is 1.35 bits per heavy atom. The first-order chi connectivity index (χ1) is 22.6. The summed E-state index contributed by atoms with van der Waals surface area (Å²) in [6.07, 6.45) is 1.59. The zero-order valence-corrected chi connectivity index (χ0v) is 25.6. The van der Waals surface area contributed by atoms with Gasteiger partial charge in [0.05, 0.1) is 17.9 Å². The molecule has 0 bridgehead atoms. The Morgan fingerprint density at radius 1 is 0.783 bits per heavy atom. The highest BCUT2D eigenvalue weighted by molar-refractivity contribution is 5.99. The first-order valence-corrected chi connectivity index (χ1v) is 15.4. The van der Waals surface area contributed by atoms with E-state index in [2.05, 4.69) is 34.5 Å². The fourth-order valence-corrected chi connectivity index (χ4v) is 5.40. The molecule has 1 amide bonds. The standard InChI is InChI=1S/C39H35N3O4/c1-2-45-38(44)34-20-12-13-21-35(34)40-39-41(27-26-29-14-6-3-7-15-29)37(43)36(46-39)28-30-22-24-33(25-23-30)42(31-16-8-4-9-17-31)32-18-10-5-11-19-32/h3-25,28,39-40H,2,26-27H2,1H3/b36-28+. The van der Waals surface area contributed by atoms with Crippen molar-refractivity contribution in [1.82, 2.24) is 4.90 Å². The van der Waals surface area contributed by atoms with Crippen molar-refractivity contribution in [1.29, 1.82) is 0 Å². The molecular formula is C39H35N3O4. The summed E-state index contributed by atoms with van der Waals surface area (Å²) in [6.45, 7) is 2.44. The van der Waals surface area contributed by atoms with Crippen LogP contribution in [0.15, 0.2) is 145 Å². The molecule has 1 aliphatic rings. The summed E-state index contributed by atoms with van der Waals surface area (Å²) in [5, 5.41) is 3.28. The van der Waals surface area contributed by atoms with Gasteiger partial charge in [-0.3, -0.25) is 9.69 Å². The van der Waals surface area contributed by atoms with Crippen LogP contribution in [0.5, 0.6) is 0 Å². The number of anilines is 4. The summed E-state index contributed by atoms with van der Waals surface area (Å²) in [5.41, 5.74) is 5.89. The lowest BCUT2D eigenvalue weighted by molar-refractivity contribution is -0.126. The summed E-state index contributed by atoms with van der Waals surface area (Å²) < 4.78 is 11.5. The maximum atomic E-state index is 13.8. The number of hydrogen-bond acceptors (Lipinski definition) is 6. The number of nitrogens with one attached hydrogen (secondary N) is 1. The highest BCUT2D eigenvalue weighted by Gasteiger charge is 2.37. The lowest BCUT2D eigenvalue weighted by atomic mass is 10.1. The minimum absolute atomic E-state index is 0.218. The van der Waals surface area contributed by atoms with Gasteiger partial charge in [0, 0.05) is 23.6 Å². The maximum Gasteiger partial charge on any atom is 0.340 e. The van der Waals surface area contributed by atoms with E-state index in [0.717, 1.165) is 28.2 Å². The van der Waals surface area contributed by atoms with E-state index in [9.17, 15) is 9.59 Å². The molecule has 1 saturated heterocycles. The van der Waals surface area contributed by atoms with E-state index in [4.69, 9.17) is 9.47 Å². The molecule has 46 heavy (non-hydrogen) atoms. The lowest BCUT2D eigenvalue weighted by Gasteiger charge is -2.25. The van der Waals surface area contributed by atoms with Crippen molar-refractivity contribution in [2.24, 2.45) is 0 Å². The molecule has 1 atom stereocenters. The molecule has 0 saturated carbocycles. The Bertz CT molecular complexity index is 1750. The molecule has 0 aliphatic carbocycles. The molecule has 5 aromatic carbocycles. The van der Waals surface area contributed by atoms with Gasteiger partial charge in [0.2, 0.25) is 0 Å². The number of carbonyl (C=O) groups is 2. The topological polar surface area (TPSA) is 71.1 Å². The van der Waals surface area contributed by atoms with E-state index >= 15 is 0 Å². The van der Waals surface area contributed by atoms with Gasteiger partial charge in [0.15, 0.2) is 5.76 Å². The molecule has 0 aromatic heterocycles. The van der Waals surface area contributed by atoms with Gasteiger partial charge < -0.3 is 19.7 Å². The molecular weight excluding hydrogens is 574 g/mol. The number of hydrogen-bond donors (Lipinski definition) is 1. The zero-order valence-electron chi connectivity index (χ0n) is 25.6. The minimum Gasteiger partial charge on any atom is -0.462 e. The van der Waals surface area contributed by atoms with Gasteiger partial charge in [-0.2, -0.15) is 0 Å². The molecule has 230 valence electrons. The second-order valence-corrected chi connectivity index (χ2v) is 10.7. The van der Waals surface area contributed by atoms with Crippen molar-refractivity contribution in [2.75, 3.05) is 23.4 Å². The second kappa shape index (κ2) is 14.3. The van der Waals surface area contributed by atoms with E-state index in [-0.39, 0.29) is 18.3 Å². The average molecular weight is 610 g/mol. The number of nitrogens with zero attached hydrogens (tertiary/aromatic N) is 2. The summed E-state index contributed by atoms with van der Waals surface area (Å²) >= 11 is 0. The zero-order chi connectivity index (χ0) is 31.7. The molecule has 1 fully saturated rings. The van der Waals surface area contributed by atoms with Crippen LogP contribution in [0.25, 0.3) is 6.08 Å². The third kappa shape index (κ3) is 6.94. The average Bonchev–Trinajstić information content (AvgIpc) is 3.39. The molecule has 7 heteroatoms. The van der Waals surface area contributed by atoms with E-state index in [1.165, 1.54) is 0 Å². The second-order valence-electron chi connectivity index (χ2n) is 10.7. The highest BCUT2D eigenvalue weighted by atomic mass is 16.5. The minimum atomic E-state index is -0.816. The van der Waals surface area contributed by atoms with Gasteiger partial charge in [0.25, 0.3) is 12.3 Å². The normalized spacial score (nSPS) is 15.0. The summed E-state index contributed by atoms with van der Waals surface area (Å²) in [7, 11) is 0. The van der Waals surface area contributed by atoms with E-state index in [1.807, 2.05) is 97.1 Å². The van der Waals surface area contributed by atoms with Crippen LogP contribution in [-0.4, -0.2) is 36.3 Å². The third-order valence-electron chi connectivity index (χ3n) is 7.66. The Kier molecular flexibility index (Phi) is 9.40. The van der Waals surface area contributed by atoms with Gasteiger partial charge >= 0.3 is 5.97 Å². The molecule has 5 aromatic rings. The number of ether oxygens (including phenoxy) is 2. The molecule has 1 aliphatic heterocycles. The van der Waals surface area contributed by atoms with Gasteiger partial charge in [-0.25, -0.2) is 4.79 Å². The van der Waals surface area contributed by atoms with E-state index < -0.39 is 12.3 Å². The van der Waals surface area contributed by atoms with Gasteiger partial charge in [-0.05, 0) is 79.1 Å². The first kappa shape index (κ1) is 30.2. The number of esters is 1. The van der Waals surface area contributed by atoms with Crippen LogP contribution in [0.2, 0.25) is 0 Å². The van der Waals surface area contributed by atoms with Crippen molar-refractivity contribution in [3.63, 3.8) is 0 Å². The van der Waals surface area contributed by atoms with Gasteiger partial charge in [-0.15, -0.1) is 0 Å². The number of amides is 1. The van der Waals surface area contributed by atoms with Crippen LogP contribution >= 0.6 is 0 Å². The van der Waals surface area contributed by atoms with Crippen LogP contribution in [-0.2, 0) is 20.7 Å². The van der Waals surface area contributed by atoms with Crippen molar-refractivity contribution < 1.29 is 19.1 Å². The molecule has 1 unspecified atom stereocenters. The van der Waals surface area contributed by atoms with Crippen molar-refractivity contribution >= 4 is 40.7 Å². The Balaban J connectivity index is 1.27. The lowest BCUT2D eigenvalue weighted by Crippen LogP contribution is -2.40. The van der Waals surface area contributed by atoms with Crippen LogP contribution in [0.3, 0.4) is 0 Å². The largest absolute Gasteiger partial charge is 0.462 e. The third-order valence-corrected chi connectivity index (χ3v) is 7.66. The van der Waals surface area contributed by atoms with Crippen LogP contribution in [0.1, 0.15) is 28.4 Å². The monoisotopic (exact) mass is 609 g/mol. The SMILES string of the molecule is CCOC(=O)c1ccccc1NC1O/C(=C/c2ccc(N(c3ccccc3)c3ccccc3)cc2)C(=O)N1CCc1ccccc1. The van der Waals surface area contributed by atoms with Gasteiger partial charge in [-0.1, -0.05) is 91.0 Å². The summed E-state index contributed by atoms with van der Waals surface area (Å²) in [6, 6.07) is 45.5. The molecule has 1 heterocycles. The molecule has 1 N–H and O–H groups in total. The Hall–Kier alpha value is -5.82.